The molecule has 1 aromatic heterocycles. The minimum Gasteiger partial charge on any atom is -0.325 e. The van der Waals surface area contributed by atoms with Crippen molar-refractivity contribution < 1.29 is 0 Å². The molecule has 0 spiro atoms. The molecule has 19 heavy (non-hydrogen) atoms. The number of rotatable bonds is 3. The maximum absolute atomic E-state index is 5.72. The molecule has 0 aliphatic rings. The van der Waals surface area contributed by atoms with Crippen molar-refractivity contribution in [3.05, 3.63) is 39.5 Å². The third-order valence-electron chi connectivity index (χ3n) is 3.43. The molecule has 0 aliphatic carbocycles. The lowest BCUT2D eigenvalue weighted by Gasteiger charge is -2.12. The number of halogens is 1. The number of nitrogens with two attached hydrogens (primary N) is 1. The highest BCUT2D eigenvalue weighted by Gasteiger charge is 2.17. The van der Waals surface area contributed by atoms with Gasteiger partial charge in [-0.15, -0.1) is 0 Å². The van der Waals surface area contributed by atoms with Gasteiger partial charge in [0.2, 0.25) is 0 Å². The fourth-order valence-corrected chi connectivity index (χ4v) is 2.94. The summed E-state index contributed by atoms with van der Waals surface area (Å²) in [4.78, 5) is 0. The summed E-state index contributed by atoms with van der Waals surface area (Å²) in [5.41, 5.74) is 11.5. The predicted molar refractivity (Wildman–Crippen MR) is 83.1 cm³/mol. The number of nitrogens with zero attached hydrogens (tertiary/aromatic N) is 2. The van der Waals surface area contributed by atoms with Gasteiger partial charge in [0.1, 0.15) is 0 Å². The monoisotopic (exact) mass is 321 g/mol. The molecule has 1 aromatic carbocycles. The number of benzene rings is 1. The van der Waals surface area contributed by atoms with Crippen LogP contribution < -0.4 is 5.73 Å². The van der Waals surface area contributed by atoms with E-state index in [1.807, 2.05) is 11.7 Å². The van der Waals surface area contributed by atoms with E-state index in [-0.39, 0.29) is 0 Å². The van der Waals surface area contributed by atoms with Crippen LogP contribution in [0.15, 0.2) is 22.7 Å². The normalized spacial score (nSPS) is 11.3. The van der Waals surface area contributed by atoms with E-state index in [0.29, 0.717) is 12.5 Å². The lowest BCUT2D eigenvalue weighted by Crippen LogP contribution is -1.99. The van der Waals surface area contributed by atoms with Gasteiger partial charge >= 0.3 is 0 Å². The van der Waals surface area contributed by atoms with Crippen LogP contribution in [0.4, 0.5) is 0 Å². The van der Waals surface area contributed by atoms with Gasteiger partial charge in [0.05, 0.1) is 15.9 Å². The number of hydrogen-bond acceptors (Lipinski definition) is 2. The molecular weight excluding hydrogens is 302 g/mol. The lowest BCUT2D eigenvalue weighted by atomic mass is 9.96. The Bertz CT molecular complexity index is 600. The molecule has 3 nitrogen and oxygen atoms in total. The molecule has 2 rings (SSSR count). The Labute approximate surface area is 122 Å². The third-order valence-corrected chi connectivity index (χ3v) is 4.27. The minimum absolute atomic E-state index is 0.442. The zero-order chi connectivity index (χ0) is 14.2. The third kappa shape index (κ3) is 2.60. The van der Waals surface area contributed by atoms with Crippen LogP contribution in [0.3, 0.4) is 0 Å². The first-order chi connectivity index (χ1) is 8.95. The quantitative estimate of drug-likeness (QED) is 0.935. The first-order valence-electron chi connectivity index (χ1n) is 6.48. The van der Waals surface area contributed by atoms with Crippen LogP contribution in [0.2, 0.25) is 0 Å². The van der Waals surface area contributed by atoms with E-state index >= 15 is 0 Å². The first-order valence-corrected chi connectivity index (χ1v) is 7.27. The molecule has 2 N–H and O–H groups in total. The standard InChI is InChI=1S/C15H20BrN3/c1-9(2)11-6-5-10(3)12(7-11)15-14(16)13(8-17)18-19(15)4/h5-7,9H,8,17H2,1-4H3. The second kappa shape index (κ2) is 5.47. The highest BCUT2D eigenvalue weighted by molar-refractivity contribution is 9.10. The van der Waals surface area contributed by atoms with Crippen molar-refractivity contribution in [1.29, 1.82) is 0 Å². The topological polar surface area (TPSA) is 43.8 Å². The van der Waals surface area contributed by atoms with E-state index in [2.05, 4.69) is 60.0 Å². The van der Waals surface area contributed by atoms with Crippen LogP contribution >= 0.6 is 15.9 Å². The van der Waals surface area contributed by atoms with Crippen molar-refractivity contribution >= 4 is 15.9 Å². The van der Waals surface area contributed by atoms with Crippen molar-refractivity contribution in [1.82, 2.24) is 9.78 Å². The van der Waals surface area contributed by atoms with Crippen LogP contribution in [0.5, 0.6) is 0 Å². The fraction of sp³-hybridized carbons (Fsp3) is 0.400. The summed E-state index contributed by atoms with van der Waals surface area (Å²) in [6, 6.07) is 6.62. The Morgan fingerprint density at radius 3 is 2.58 bits per heavy atom. The van der Waals surface area contributed by atoms with Crippen molar-refractivity contribution in [3.8, 4) is 11.3 Å². The molecule has 0 radical (unpaired) electrons. The van der Waals surface area contributed by atoms with Crippen LogP contribution in [0.25, 0.3) is 11.3 Å². The summed E-state index contributed by atoms with van der Waals surface area (Å²) in [7, 11) is 1.96. The maximum atomic E-state index is 5.72. The Morgan fingerprint density at radius 1 is 1.37 bits per heavy atom. The summed E-state index contributed by atoms with van der Waals surface area (Å²) >= 11 is 3.63. The summed E-state index contributed by atoms with van der Waals surface area (Å²) in [5.74, 6) is 0.514. The Morgan fingerprint density at radius 2 is 2.05 bits per heavy atom. The molecule has 1 heterocycles. The molecule has 0 aliphatic heterocycles. The molecule has 0 saturated heterocycles. The molecular formula is C15H20BrN3. The van der Waals surface area contributed by atoms with Crippen LogP contribution in [-0.4, -0.2) is 9.78 Å². The summed E-state index contributed by atoms with van der Waals surface area (Å²) in [6.07, 6.45) is 0. The summed E-state index contributed by atoms with van der Waals surface area (Å²) in [5, 5.41) is 4.47. The van der Waals surface area contributed by atoms with Crippen LogP contribution in [0.1, 0.15) is 36.6 Å². The average Bonchev–Trinajstić information content (AvgIpc) is 2.65. The minimum atomic E-state index is 0.442. The first kappa shape index (κ1) is 14.3. The Balaban J connectivity index is 2.64. The van der Waals surface area contributed by atoms with Gasteiger partial charge < -0.3 is 5.73 Å². The van der Waals surface area contributed by atoms with E-state index in [0.717, 1.165) is 15.9 Å². The van der Waals surface area contributed by atoms with Gasteiger partial charge in [-0.2, -0.15) is 5.10 Å². The number of aromatic nitrogens is 2. The van der Waals surface area contributed by atoms with Gasteiger partial charge in [-0.05, 0) is 46.0 Å². The molecule has 0 saturated carbocycles. The molecule has 0 unspecified atom stereocenters. The highest BCUT2D eigenvalue weighted by Crippen LogP contribution is 2.34. The zero-order valence-electron chi connectivity index (χ0n) is 11.9. The van der Waals surface area contributed by atoms with Crippen molar-refractivity contribution in [2.75, 3.05) is 0 Å². The zero-order valence-corrected chi connectivity index (χ0v) is 13.5. The molecule has 0 bridgehead atoms. The Hall–Kier alpha value is -1.13. The second-order valence-electron chi connectivity index (χ2n) is 5.17. The van der Waals surface area contributed by atoms with Gasteiger partial charge in [0.15, 0.2) is 0 Å². The number of aryl methyl sites for hydroxylation is 2. The predicted octanol–water partition coefficient (Wildman–Crippen LogP) is 3.74. The van der Waals surface area contributed by atoms with Gasteiger partial charge in [0, 0.05) is 19.2 Å². The molecule has 0 fully saturated rings. The Kier molecular flexibility index (Phi) is 4.11. The SMILES string of the molecule is Cc1ccc(C(C)C)cc1-c1c(Br)c(CN)nn1C. The fourth-order valence-electron chi connectivity index (χ4n) is 2.23. The van der Waals surface area contributed by atoms with E-state index < -0.39 is 0 Å². The van der Waals surface area contributed by atoms with Gasteiger partial charge in [-0.1, -0.05) is 26.0 Å². The van der Waals surface area contributed by atoms with Gasteiger partial charge in [0.25, 0.3) is 0 Å². The van der Waals surface area contributed by atoms with Crippen LogP contribution in [-0.2, 0) is 13.6 Å². The van der Waals surface area contributed by atoms with Gasteiger partial charge in [-0.3, -0.25) is 4.68 Å². The van der Waals surface area contributed by atoms with Crippen molar-refractivity contribution in [2.24, 2.45) is 12.8 Å². The average molecular weight is 322 g/mol. The lowest BCUT2D eigenvalue weighted by molar-refractivity contribution is 0.748. The van der Waals surface area contributed by atoms with E-state index in [4.69, 9.17) is 5.73 Å². The van der Waals surface area contributed by atoms with E-state index in [9.17, 15) is 0 Å². The van der Waals surface area contributed by atoms with Crippen molar-refractivity contribution in [2.45, 2.75) is 33.2 Å². The molecule has 102 valence electrons. The maximum Gasteiger partial charge on any atom is 0.0908 e. The van der Waals surface area contributed by atoms with Crippen molar-refractivity contribution in [3.63, 3.8) is 0 Å². The highest BCUT2D eigenvalue weighted by atomic mass is 79.9. The smallest absolute Gasteiger partial charge is 0.0908 e. The van der Waals surface area contributed by atoms with Crippen LogP contribution in [0, 0.1) is 6.92 Å². The molecule has 0 atom stereocenters. The largest absolute Gasteiger partial charge is 0.325 e. The number of hydrogen-bond donors (Lipinski definition) is 1. The van der Waals surface area contributed by atoms with Gasteiger partial charge in [-0.25, -0.2) is 0 Å². The molecule has 0 amide bonds. The summed E-state index contributed by atoms with van der Waals surface area (Å²) in [6.45, 7) is 6.98. The molecule has 4 heteroatoms. The van der Waals surface area contributed by atoms with E-state index in [1.54, 1.807) is 0 Å². The second-order valence-corrected chi connectivity index (χ2v) is 5.96. The summed E-state index contributed by atoms with van der Waals surface area (Å²) < 4.78 is 2.90. The molecule has 2 aromatic rings. The van der Waals surface area contributed by atoms with E-state index in [1.165, 1.54) is 16.7 Å².